The molecule has 0 aliphatic carbocycles. The molecule has 0 aliphatic rings. The van der Waals surface area contributed by atoms with Gasteiger partial charge in [-0.25, -0.2) is 0 Å². The summed E-state index contributed by atoms with van der Waals surface area (Å²) in [6.07, 6.45) is 60.1. The van der Waals surface area contributed by atoms with E-state index in [1.54, 1.807) is 0 Å². The van der Waals surface area contributed by atoms with Gasteiger partial charge in [-0.05, 0) is 83.5 Å². The molecule has 0 fully saturated rings. The zero-order valence-electron chi connectivity index (χ0n) is 38.2. The lowest BCUT2D eigenvalue weighted by Crippen LogP contribution is -2.30. The zero-order chi connectivity index (χ0) is 43.0. The molecule has 0 heterocycles. The third-order valence-corrected chi connectivity index (χ3v) is 9.96. The summed E-state index contributed by atoms with van der Waals surface area (Å²) >= 11 is 0. The summed E-state index contributed by atoms with van der Waals surface area (Å²) in [5.41, 5.74) is 0. The first kappa shape index (κ1) is 55.6. The van der Waals surface area contributed by atoms with Gasteiger partial charge in [-0.2, -0.15) is 0 Å². The van der Waals surface area contributed by atoms with Crippen LogP contribution < -0.4 is 0 Å². The van der Waals surface area contributed by atoms with E-state index in [4.69, 9.17) is 14.2 Å². The van der Waals surface area contributed by atoms with Gasteiger partial charge < -0.3 is 14.2 Å². The smallest absolute Gasteiger partial charge is 0.306 e. The minimum Gasteiger partial charge on any atom is -0.462 e. The molecular formula is C53H88O6. The first-order valence-electron chi connectivity index (χ1n) is 24.1. The molecule has 59 heavy (non-hydrogen) atoms. The molecule has 1 atom stereocenters. The number of hydrogen-bond acceptors (Lipinski definition) is 6. The summed E-state index contributed by atoms with van der Waals surface area (Å²) in [4.78, 5) is 37.8. The van der Waals surface area contributed by atoms with Crippen molar-refractivity contribution in [3.05, 3.63) is 85.1 Å². The van der Waals surface area contributed by atoms with E-state index in [1.807, 2.05) is 42.5 Å². The molecule has 0 aromatic heterocycles. The molecule has 6 nitrogen and oxygen atoms in total. The number of carbonyl (C=O) groups is 3. The molecule has 0 saturated heterocycles. The van der Waals surface area contributed by atoms with E-state index in [0.29, 0.717) is 19.3 Å². The zero-order valence-corrected chi connectivity index (χ0v) is 38.2. The molecule has 0 aromatic rings. The predicted molar refractivity (Wildman–Crippen MR) is 251 cm³/mol. The van der Waals surface area contributed by atoms with Crippen LogP contribution in [0.1, 0.15) is 213 Å². The fraction of sp³-hybridized carbons (Fsp3) is 0.679. The third-order valence-electron chi connectivity index (χ3n) is 9.96. The average Bonchev–Trinajstić information content (AvgIpc) is 3.23. The van der Waals surface area contributed by atoms with Crippen LogP contribution in [0.3, 0.4) is 0 Å². The van der Waals surface area contributed by atoms with Crippen LogP contribution in [-0.2, 0) is 28.6 Å². The normalized spacial score (nSPS) is 12.8. The Morgan fingerprint density at radius 1 is 0.373 bits per heavy atom. The highest BCUT2D eigenvalue weighted by atomic mass is 16.6. The quantitative estimate of drug-likeness (QED) is 0.0201. The maximum atomic E-state index is 12.7. The molecule has 0 amide bonds. The molecule has 0 radical (unpaired) electrons. The Labute approximate surface area is 363 Å². The number of rotatable bonds is 42. The standard InChI is InChI=1S/C53H88O6/c1-4-7-10-13-16-19-22-25-26-29-31-34-37-40-43-46-52(55)58-49-50(59-53(56)47-44-41-38-35-32-28-24-21-18-15-12-9-6-3)48-57-51(54)45-42-39-36-33-30-27-23-20-17-14-11-8-5-2/h9,12,15,18-19,21-22,24,27-28,30,32,36,39,50H,4-8,10-11,13-14,16-17,20,23,25-26,29,31,33-35,37-38,40-49H2,1-3H3/b12-9-,18-15-,22-19-,24-21-,30-27-,32-28-,39-36-. The summed E-state index contributed by atoms with van der Waals surface area (Å²) in [6.45, 7) is 6.37. The van der Waals surface area contributed by atoms with Gasteiger partial charge in [-0.15, -0.1) is 0 Å². The Kier molecular flexibility index (Phi) is 44.5. The lowest BCUT2D eigenvalue weighted by molar-refractivity contribution is -0.166. The van der Waals surface area contributed by atoms with Crippen LogP contribution in [0.25, 0.3) is 0 Å². The second-order valence-corrected chi connectivity index (χ2v) is 15.7. The molecule has 0 aliphatic heterocycles. The number of esters is 3. The summed E-state index contributed by atoms with van der Waals surface area (Å²) in [6, 6.07) is 0. The fourth-order valence-corrected chi connectivity index (χ4v) is 6.32. The van der Waals surface area contributed by atoms with Crippen LogP contribution >= 0.6 is 0 Å². The molecular weight excluding hydrogens is 733 g/mol. The minimum absolute atomic E-state index is 0.113. The Morgan fingerprint density at radius 3 is 1.32 bits per heavy atom. The van der Waals surface area contributed by atoms with E-state index in [1.165, 1.54) is 103 Å². The highest BCUT2D eigenvalue weighted by Crippen LogP contribution is 2.13. The lowest BCUT2D eigenvalue weighted by atomic mass is 10.1. The molecule has 0 N–H and O–H groups in total. The first-order chi connectivity index (χ1) is 29.0. The van der Waals surface area contributed by atoms with Crippen LogP contribution in [0.4, 0.5) is 0 Å². The van der Waals surface area contributed by atoms with Crippen LogP contribution in [0, 0.1) is 0 Å². The Hall–Kier alpha value is -3.41. The highest BCUT2D eigenvalue weighted by molar-refractivity contribution is 5.71. The highest BCUT2D eigenvalue weighted by Gasteiger charge is 2.19. The van der Waals surface area contributed by atoms with Gasteiger partial charge in [0.1, 0.15) is 13.2 Å². The number of carbonyl (C=O) groups excluding carboxylic acids is 3. The topological polar surface area (TPSA) is 78.9 Å². The minimum atomic E-state index is -0.820. The predicted octanol–water partition coefficient (Wildman–Crippen LogP) is 15.6. The van der Waals surface area contributed by atoms with Crippen molar-refractivity contribution in [2.75, 3.05) is 13.2 Å². The van der Waals surface area contributed by atoms with Crippen molar-refractivity contribution >= 4 is 17.9 Å². The molecule has 0 saturated carbocycles. The Morgan fingerprint density at radius 2 is 0.763 bits per heavy atom. The van der Waals surface area contributed by atoms with Gasteiger partial charge in [-0.1, -0.05) is 196 Å². The van der Waals surface area contributed by atoms with E-state index < -0.39 is 6.10 Å². The fourth-order valence-electron chi connectivity index (χ4n) is 6.32. The van der Waals surface area contributed by atoms with E-state index in [0.717, 1.165) is 57.8 Å². The first-order valence-corrected chi connectivity index (χ1v) is 24.1. The summed E-state index contributed by atoms with van der Waals surface area (Å²) in [7, 11) is 0. The van der Waals surface area contributed by atoms with E-state index in [-0.39, 0.29) is 44.0 Å². The third kappa shape index (κ3) is 45.5. The molecule has 0 aromatic carbocycles. The van der Waals surface area contributed by atoms with E-state index in [9.17, 15) is 14.4 Å². The molecule has 0 rings (SSSR count). The van der Waals surface area contributed by atoms with Crippen molar-refractivity contribution in [2.24, 2.45) is 0 Å². The van der Waals surface area contributed by atoms with Gasteiger partial charge in [0.25, 0.3) is 0 Å². The number of unbranched alkanes of at least 4 members (excludes halogenated alkanes) is 20. The average molecular weight is 821 g/mol. The second kappa shape index (κ2) is 47.3. The van der Waals surface area contributed by atoms with Crippen molar-refractivity contribution in [1.29, 1.82) is 0 Å². The van der Waals surface area contributed by atoms with Crippen LogP contribution in [-0.4, -0.2) is 37.2 Å². The van der Waals surface area contributed by atoms with Crippen LogP contribution in [0.5, 0.6) is 0 Å². The maximum absolute atomic E-state index is 12.7. The van der Waals surface area contributed by atoms with E-state index in [2.05, 4.69) is 63.3 Å². The summed E-state index contributed by atoms with van der Waals surface area (Å²) in [5.74, 6) is -1.03. The number of hydrogen-bond donors (Lipinski definition) is 0. The summed E-state index contributed by atoms with van der Waals surface area (Å²) < 4.78 is 16.6. The van der Waals surface area contributed by atoms with Crippen LogP contribution in [0.2, 0.25) is 0 Å². The molecule has 0 spiro atoms. The van der Waals surface area contributed by atoms with Crippen molar-refractivity contribution in [3.8, 4) is 0 Å². The SMILES string of the molecule is CC\C=C/C=C\C=C/C=C\CCCCCC(=O)OC(COC(=O)CC/C=C\C/C=C\CCCCCCCC)COC(=O)CCCCCCCCC/C=C\CCCCCC. The summed E-state index contributed by atoms with van der Waals surface area (Å²) in [5, 5.41) is 0. The van der Waals surface area contributed by atoms with Crippen molar-refractivity contribution in [1.82, 2.24) is 0 Å². The van der Waals surface area contributed by atoms with Crippen molar-refractivity contribution in [2.45, 2.75) is 219 Å². The lowest BCUT2D eigenvalue weighted by Gasteiger charge is -2.18. The van der Waals surface area contributed by atoms with Gasteiger partial charge in [0.2, 0.25) is 0 Å². The van der Waals surface area contributed by atoms with E-state index >= 15 is 0 Å². The largest absolute Gasteiger partial charge is 0.462 e. The van der Waals surface area contributed by atoms with Crippen molar-refractivity contribution < 1.29 is 28.6 Å². The number of ether oxygens (including phenoxy) is 3. The van der Waals surface area contributed by atoms with Gasteiger partial charge in [0.15, 0.2) is 6.10 Å². The van der Waals surface area contributed by atoms with Gasteiger partial charge >= 0.3 is 17.9 Å². The molecule has 336 valence electrons. The molecule has 1 unspecified atom stereocenters. The van der Waals surface area contributed by atoms with Gasteiger partial charge in [0.05, 0.1) is 0 Å². The van der Waals surface area contributed by atoms with Gasteiger partial charge in [0, 0.05) is 19.3 Å². The van der Waals surface area contributed by atoms with Gasteiger partial charge in [-0.3, -0.25) is 14.4 Å². The molecule has 0 bridgehead atoms. The Balaban J connectivity index is 4.52. The molecule has 6 heteroatoms. The monoisotopic (exact) mass is 821 g/mol. The van der Waals surface area contributed by atoms with Crippen LogP contribution in [0.15, 0.2) is 85.1 Å². The maximum Gasteiger partial charge on any atom is 0.306 e. The van der Waals surface area contributed by atoms with Crippen molar-refractivity contribution in [3.63, 3.8) is 0 Å². The Bertz CT molecular complexity index is 1170. The number of allylic oxidation sites excluding steroid dienone is 14. The second-order valence-electron chi connectivity index (χ2n) is 15.7.